The van der Waals surface area contributed by atoms with Crippen LogP contribution in [0.1, 0.15) is 5.56 Å². The van der Waals surface area contributed by atoms with E-state index in [-0.39, 0.29) is 15.7 Å². The molecule has 1 aromatic carbocycles. The number of alkyl halides is 3. The number of hydrogen-bond acceptors (Lipinski definition) is 3. The van der Waals surface area contributed by atoms with Gasteiger partial charge in [-0.05, 0) is 34.1 Å². The normalized spacial score (nSPS) is 11.8. The molecule has 0 saturated carbocycles. The smallest absolute Gasteiger partial charge is 0.478 e. The molecule has 1 rings (SSSR count). The fourth-order valence-electron chi connectivity index (χ4n) is 1.11. The first-order valence-corrected chi connectivity index (χ1v) is 5.24. The molecule has 4 nitrogen and oxygen atoms in total. The van der Waals surface area contributed by atoms with Gasteiger partial charge in [0.2, 0.25) is 0 Å². The molecule has 0 amide bonds. The molecule has 0 atom stereocenters. The number of anilines is 1. The molecule has 0 fully saturated rings. The Bertz CT molecular complexity index is 500. The third kappa shape index (κ3) is 3.95. The van der Waals surface area contributed by atoms with Crippen molar-refractivity contribution < 1.29 is 27.8 Å². The maximum atomic E-state index is 12.2. The fraction of sp³-hybridized carbons (Fsp3) is 0.100. The van der Waals surface area contributed by atoms with E-state index in [0.717, 1.165) is 6.08 Å². The molecule has 0 spiro atoms. The van der Waals surface area contributed by atoms with Gasteiger partial charge in [-0.1, -0.05) is 0 Å². The van der Waals surface area contributed by atoms with E-state index < -0.39 is 18.1 Å². The van der Waals surface area contributed by atoms with Crippen LogP contribution in [0.2, 0.25) is 0 Å². The van der Waals surface area contributed by atoms with Crippen LogP contribution < -0.4 is 10.5 Å². The number of halogens is 4. The van der Waals surface area contributed by atoms with Gasteiger partial charge in [-0.2, -0.15) is 0 Å². The third-order valence-electron chi connectivity index (χ3n) is 1.80. The van der Waals surface area contributed by atoms with Crippen LogP contribution >= 0.6 is 15.9 Å². The highest BCUT2D eigenvalue weighted by atomic mass is 79.9. The molecule has 0 aliphatic rings. The van der Waals surface area contributed by atoms with Gasteiger partial charge in [0.15, 0.2) is 5.75 Å². The van der Waals surface area contributed by atoms with Crippen molar-refractivity contribution in [1.82, 2.24) is 0 Å². The summed E-state index contributed by atoms with van der Waals surface area (Å²) in [5.41, 5.74) is 5.09. The van der Waals surface area contributed by atoms with Crippen LogP contribution in [-0.2, 0) is 4.79 Å². The summed E-state index contributed by atoms with van der Waals surface area (Å²) < 4.78 is 40.6. The Balaban J connectivity index is 3.25. The minimum absolute atomic E-state index is 0.0876. The maximum absolute atomic E-state index is 12.2. The summed E-state index contributed by atoms with van der Waals surface area (Å²) in [6.07, 6.45) is -3.27. The van der Waals surface area contributed by atoms with Gasteiger partial charge in [-0.3, -0.25) is 0 Å². The summed E-state index contributed by atoms with van der Waals surface area (Å²) in [4.78, 5) is 10.3. The molecule has 3 N–H and O–H groups in total. The Morgan fingerprint density at radius 2 is 2.06 bits per heavy atom. The lowest BCUT2D eigenvalue weighted by atomic mass is 10.1. The monoisotopic (exact) mass is 325 g/mol. The lowest BCUT2D eigenvalue weighted by Gasteiger charge is -2.14. The quantitative estimate of drug-likeness (QED) is 0.661. The molecular formula is C10H7BrF3NO3. The molecule has 0 saturated heterocycles. The second-order valence-electron chi connectivity index (χ2n) is 3.10. The zero-order valence-corrected chi connectivity index (χ0v) is 10.2. The van der Waals surface area contributed by atoms with E-state index in [9.17, 15) is 18.0 Å². The first kappa shape index (κ1) is 14.4. The molecule has 18 heavy (non-hydrogen) atoms. The number of ether oxygens (including phenoxy) is 1. The number of carboxylic acid groups (broad SMARTS) is 1. The molecule has 0 aliphatic heterocycles. The van der Waals surface area contributed by atoms with Crippen molar-refractivity contribution >= 4 is 33.7 Å². The van der Waals surface area contributed by atoms with E-state index in [4.69, 9.17) is 10.8 Å². The summed E-state index contributed by atoms with van der Waals surface area (Å²) in [7, 11) is 0. The standard InChI is InChI=1S/C10H7BrF3NO3/c11-6-3-1-5(2-4-7(16)17)9(8(6)15)18-10(12,13)14/h1-4H,15H2,(H,16,17)/b4-2+. The van der Waals surface area contributed by atoms with Crippen LogP contribution in [0.4, 0.5) is 18.9 Å². The van der Waals surface area contributed by atoms with Gasteiger partial charge in [-0.15, -0.1) is 13.2 Å². The SMILES string of the molecule is Nc1c(Br)ccc(/C=C/C(=O)O)c1OC(F)(F)F. The van der Waals surface area contributed by atoms with Crippen molar-refractivity contribution in [3.8, 4) is 5.75 Å². The predicted molar refractivity (Wildman–Crippen MR) is 61.9 cm³/mol. The van der Waals surface area contributed by atoms with Crippen LogP contribution in [0.5, 0.6) is 5.75 Å². The summed E-state index contributed by atoms with van der Waals surface area (Å²) in [6.45, 7) is 0. The number of hydrogen-bond donors (Lipinski definition) is 2. The number of carbonyl (C=O) groups is 1. The van der Waals surface area contributed by atoms with Gasteiger partial charge >= 0.3 is 12.3 Å². The second kappa shape index (κ2) is 5.30. The van der Waals surface area contributed by atoms with Crippen molar-refractivity contribution in [3.05, 3.63) is 28.2 Å². The molecule has 8 heteroatoms. The Labute approximate surface area is 108 Å². The van der Waals surface area contributed by atoms with Gasteiger partial charge in [0.05, 0.1) is 5.69 Å². The van der Waals surface area contributed by atoms with E-state index >= 15 is 0 Å². The summed E-state index contributed by atoms with van der Waals surface area (Å²) in [5.74, 6) is -1.94. The van der Waals surface area contributed by atoms with E-state index in [1.807, 2.05) is 0 Å². The molecule has 0 heterocycles. The van der Waals surface area contributed by atoms with E-state index in [1.54, 1.807) is 0 Å². The van der Waals surface area contributed by atoms with Crippen LogP contribution in [0, 0.1) is 0 Å². The first-order valence-electron chi connectivity index (χ1n) is 4.45. The Morgan fingerprint density at radius 3 is 2.56 bits per heavy atom. The zero-order valence-electron chi connectivity index (χ0n) is 8.66. The van der Waals surface area contributed by atoms with Crippen molar-refractivity contribution in [2.24, 2.45) is 0 Å². The lowest BCUT2D eigenvalue weighted by molar-refractivity contribution is -0.274. The van der Waals surface area contributed by atoms with Crippen molar-refractivity contribution in [1.29, 1.82) is 0 Å². The summed E-state index contributed by atoms with van der Waals surface area (Å²) in [5, 5.41) is 8.43. The highest BCUT2D eigenvalue weighted by Crippen LogP contribution is 2.37. The van der Waals surface area contributed by atoms with Crippen molar-refractivity contribution in [2.75, 3.05) is 5.73 Å². The van der Waals surface area contributed by atoms with E-state index in [0.29, 0.717) is 6.08 Å². The van der Waals surface area contributed by atoms with E-state index in [2.05, 4.69) is 20.7 Å². The van der Waals surface area contributed by atoms with Gasteiger partial charge in [0, 0.05) is 16.1 Å². The fourth-order valence-corrected chi connectivity index (χ4v) is 1.43. The van der Waals surface area contributed by atoms with Gasteiger partial charge in [0.25, 0.3) is 0 Å². The van der Waals surface area contributed by atoms with Gasteiger partial charge in [-0.25, -0.2) is 4.79 Å². The highest BCUT2D eigenvalue weighted by Gasteiger charge is 2.33. The molecular weight excluding hydrogens is 319 g/mol. The molecule has 0 aromatic heterocycles. The molecule has 0 unspecified atom stereocenters. The number of rotatable bonds is 3. The predicted octanol–water partition coefficient (Wildman–Crippen LogP) is 3.03. The number of carboxylic acids is 1. The molecule has 0 aliphatic carbocycles. The molecule has 0 radical (unpaired) electrons. The zero-order chi connectivity index (χ0) is 13.9. The van der Waals surface area contributed by atoms with E-state index in [1.165, 1.54) is 12.1 Å². The molecule has 1 aromatic rings. The number of benzene rings is 1. The van der Waals surface area contributed by atoms with Crippen molar-refractivity contribution in [3.63, 3.8) is 0 Å². The summed E-state index contributed by atoms with van der Waals surface area (Å²) in [6, 6.07) is 2.64. The highest BCUT2D eigenvalue weighted by molar-refractivity contribution is 9.10. The van der Waals surface area contributed by atoms with Crippen LogP contribution in [0.25, 0.3) is 6.08 Å². The first-order chi connectivity index (χ1) is 8.20. The minimum atomic E-state index is -4.92. The topological polar surface area (TPSA) is 72.6 Å². The number of aliphatic carboxylic acids is 1. The van der Waals surface area contributed by atoms with Gasteiger partial charge < -0.3 is 15.6 Å². The minimum Gasteiger partial charge on any atom is -0.478 e. The largest absolute Gasteiger partial charge is 0.573 e. The molecule has 0 bridgehead atoms. The van der Waals surface area contributed by atoms with Crippen LogP contribution in [-0.4, -0.2) is 17.4 Å². The maximum Gasteiger partial charge on any atom is 0.573 e. The Hall–Kier alpha value is -1.70. The average Bonchev–Trinajstić information content (AvgIpc) is 2.22. The lowest BCUT2D eigenvalue weighted by Crippen LogP contribution is -2.18. The molecule has 98 valence electrons. The Morgan fingerprint density at radius 1 is 1.44 bits per heavy atom. The van der Waals surface area contributed by atoms with Crippen molar-refractivity contribution in [2.45, 2.75) is 6.36 Å². The second-order valence-corrected chi connectivity index (χ2v) is 3.95. The number of nitrogens with two attached hydrogens (primary N) is 1. The Kier molecular flexibility index (Phi) is 4.23. The van der Waals surface area contributed by atoms with Crippen LogP contribution in [0.3, 0.4) is 0 Å². The average molecular weight is 326 g/mol. The van der Waals surface area contributed by atoms with Crippen LogP contribution in [0.15, 0.2) is 22.7 Å². The van der Waals surface area contributed by atoms with Gasteiger partial charge in [0.1, 0.15) is 0 Å². The summed E-state index contributed by atoms with van der Waals surface area (Å²) >= 11 is 2.96. The third-order valence-corrected chi connectivity index (χ3v) is 2.49. The number of nitrogen functional groups attached to an aromatic ring is 1.